The number of rotatable bonds is 2. The summed E-state index contributed by atoms with van der Waals surface area (Å²) < 4.78 is 4.66. The third-order valence-electron chi connectivity index (χ3n) is 3.06. The zero-order chi connectivity index (χ0) is 12.3. The molecule has 1 fully saturated rings. The van der Waals surface area contributed by atoms with Crippen LogP contribution in [0.3, 0.4) is 0 Å². The van der Waals surface area contributed by atoms with Crippen LogP contribution in [0.2, 0.25) is 0 Å². The standard InChI is InChI=1S/C12H15NO3S/c1-16-12(15)13-6-4-9(5-7-13)11(14)10-3-2-8-17-10/h2-3,8-9H,4-7H2,1H3. The topological polar surface area (TPSA) is 46.6 Å². The first-order valence-electron chi connectivity index (χ1n) is 5.63. The Morgan fingerprint density at radius 1 is 1.41 bits per heavy atom. The molecule has 0 aromatic carbocycles. The van der Waals surface area contributed by atoms with Crippen LogP contribution in [-0.2, 0) is 4.74 Å². The number of thiophene rings is 1. The van der Waals surface area contributed by atoms with E-state index in [1.807, 2.05) is 17.5 Å². The monoisotopic (exact) mass is 253 g/mol. The molecule has 4 nitrogen and oxygen atoms in total. The smallest absolute Gasteiger partial charge is 0.409 e. The first-order valence-corrected chi connectivity index (χ1v) is 6.51. The molecule has 1 amide bonds. The number of hydrogen-bond donors (Lipinski definition) is 0. The Labute approximate surface area is 104 Å². The van der Waals surface area contributed by atoms with Gasteiger partial charge in [-0.2, -0.15) is 0 Å². The third-order valence-corrected chi connectivity index (χ3v) is 3.95. The molecule has 0 spiro atoms. The van der Waals surface area contributed by atoms with Crippen LogP contribution < -0.4 is 0 Å². The Balaban J connectivity index is 1.91. The largest absolute Gasteiger partial charge is 0.453 e. The Morgan fingerprint density at radius 2 is 2.12 bits per heavy atom. The van der Waals surface area contributed by atoms with Crippen LogP contribution in [0.25, 0.3) is 0 Å². The van der Waals surface area contributed by atoms with Gasteiger partial charge in [0.15, 0.2) is 5.78 Å². The van der Waals surface area contributed by atoms with E-state index in [9.17, 15) is 9.59 Å². The highest BCUT2D eigenvalue weighted by atomic mass is 32.1. The van der Waals surface area contributed by atoms with Gasteiger partial charge in [-0.15, -0.1) is 11.3 Å². The van der Waals surface area contributed by atoms with Gasteiger partial charge in [0, 0.05) is 19.0 Å². The minimum Gasteiger partial charge on any atom is -0.453 e. The lowest BCUT2D eigenvalue weighted by molar-refractivity contribution is 0.0797. The molecule has 1 saturated heterocycles. The number of likely N-dealkylation sites (tertiary alicyclic amines) is 1. The minimum absolute atomic E-state index is 0.0505. The highest BCUT2D eigenvalue weighted by Crippen LogP contribution is 2.24. The van der Waals surface area contributed by atoms with Gasteiger partial charge in [-0.1, -0.05) is 6.07 Å². The molecule has 0 unspecified atom stereocenters. The lowest BCUT2D eigenvalue weighted by atomic mass is 9.92. The molecule has 1 aromatic heterocycles. The molecule has 1 aliphatic heterocycles. The molecule has 92 valence electrons. The number of nitrogens with zero attached hydrogens (tertiary/aromatic N) is 1. The zero-order valence-electron chi connectivity index (χ0n) is 9.72. The second-order valence-corrected chi connectivity index (χ2v) is 5.02. The van der Waals surface area contributed by atoms with Gasteiger partial charge in [-0.05, 0) is 24.3 Å². The van der Waals surface area contributed by atoms with Crippen LogP contribution in [0, 0.1) is 5.92 Å². The number of carbonyl (C=O) groups is 2. The van der Waals surface area contributed by atoms with E-state index < -0.39 is 0 Å². The van der Waals surface area contributed by atoms with E-state index in [-0.39, 0.29) is 17.8 Å². The average Bonchev–Trinajstić information content (AvgIpc) is 2.91. The van der Waals surface area contributed by atoms with Crippen molar-refractivity contribution in [1.82, 2.24) is 4.90 Å². The molecule has 5 heteroatoms. The van der Waals surface area contributed by atoms with E-state index in [1.54, 1.807) is 4.90 Å². The van der Waals surface area contributed by atoms with Crippen molar-refractivity contribution in [2.24, 2.45) is 5.92 Å². The molecule has 1 aromatic rings. The predicted octanol–water partition coefficient (Wildman–Crippen LogP) is 2.41. The van der Waals surface area contributed by atoms with Gasteiger partial charge in [-0.25, -0.2) is 4.79 Å². The van der Waals surface area contributed by atoms with Crippen molar-refractivity contribution < 1.29 is 14.3 Å². The molecule has 1 aliphatic rings. The molecule has 2 heterocycles. The summed E-state index contributed by atoms with van der Waals surface area (Å²) in [5, 5.41) is 1.91. The van der Waals surface area contributed by atoms with Gasteiger partial charge < -0.3 is 9.64 Å². The summed E-state index contributed by atoms with van der Waals surface area (Å²) in [5.74, 6) is 0.263. The summed E-state index contributed by atoms with van der Waals surface area (Å²) in [6.45, 7) is 1.21. The average molecular weight is 253 g/mol. The Bertz CT molecular complexity index is 394. The van der Waals surface area contributed by atoms with Crippen LogP contribution in [0.5, 0.6) is 0 Å². The van der Waals surface area contributed by atoms with Gasteiger partial charge in [0.2, 0.25) is 0 Å². The molecule has 0 N–H and O–H groups in total. The molecule has 0 atom stereocenters. The molecule has 0 aliphatic carbocycles. The van der Waals surface area contributed by atoms with E-state index >= 15 is 0 Å². The Kier molecular flexibility index (Phi) is 3.78. The van der Waals surface area contributed by atoms with E-state index in [2.05, 4.69) is 4.74 Å². The Morgan fingerprint density at radius 3 is 2.65 bits per heavy atom. The Hall–Kier alpha value is -1.36. The van der Waals surface area contributed by atoms with Crippen molar-refractivity contribution in [2.75, 3.05) is 20.2 Å². The van der Waals surface area contributed by atoms with Crippen LogP contribution in [0.1, 0.15) is 22.5 Å². The number of Topliss-reactive ketones (excluding diaryl/α,β-unsaturated/α-hetero) is 1. The maximum absolute atomic E-state index is 12.1. The second-order valence-electron chi connectivity index (χ2n) is 4.07. The van der Waals surface area contributed by atoms with Crippen LogP contribution in [-0.4, -0.2) is 37.0 Å². The third kappa shape index (κ3) is 2.66. The van der Waals surface area contributed by atoms with Crippen LogP contribution >= 0.6 is 11.3 Å². The van der Waals surface area contributed by atoms with Gasteiger partial charge >= 0.3 is 6.09 Å². The van der Waals surface area contributed by atoms with Crippen LogP contribution in [0.4, 0.5) is 4.79 Å². The number of methoxy groups -OCH3 is 1. The van der Waals surface area contributed by atoms with Gasteiger partial charge in [0.1, 0.15) is 0 Å². The molecule has 0 bridgehead atoms. The van der Waals surface area contributed by atoms with E-state index in [0.29, 0.717) is 13.1 Å². The van der Waals surface area contributed by atoms with Crippen molar-refractivity contribution in [1.29, 1.82) is 0 Å². The summed E-state index contributed by atoms with van der Waals surface area (Å²) in [4.78, 5) is 25.8. The lowest BCUT2D eigenvalue weighted by Crippen LogP contribution is -2.40. The maximum Gasteiger partial charge on any atom is 0.409 e. The summed E-state index contributed by atoms with van der Waals surface area (Å²) >= 11 is 1.48. The SMILES string of the molecule is COC(=O)N1CCC(C(=O)c2cccs2)CC1. The van der Waals surface area contributed by atoms with Gasteiger partial charge in [-0.3, -0.25) is 4.79 Å². The van der Waals surface area contributed by atoms with Crippen molar-refractivity contribution in [3.63, 3.8) is 0 Å². The van der Waals surface area contributed by atoms with Crippen molar-refractivity contribution >= 4 is 23.2 Å². The van der Waals surface area contributed by atoms with E-state index in [4.69, 9.17) is 0 Å². The first kappa shape index (κ1) is 12.1. The fraction of sp³-hybridized carbons (Fsp3) is 0.500. The van der Waals surface area contributed by atoms with Crippen LogP contribution in [0.15, 0.2) is 17.5 Å². The number of ether oxygens (including phenoxy) is 1. The van der Waals surface area contributed by atoms with Gasteiger partial charge in [0.25, 0.3) is 0 Å². The van der Waals surface area contributed by atoms with Crippen molar-refractivity contribution in [3.05, 3.63) is 22.4 Å². The lowest BCUT2D eigenvalue weighted by Gasteiger charge is -2.29. The maximum atomic E-state index is 12.1. The fourth-order valence-corrected chi connectivity index (χ4v) is 2.82. The number of carbonyl (C=O) groups excluding carboxylic acids is 2. The minimum atomic E-state index is -0.299. The molecule has 17 heavy (non-hydrogen) atoms. The van der Waals surface area contributed by atoms with Crippen molar-refractivity contribution in [2.45, 2.75) is 12.8 Å². The fourth-order valence-electron chi connectivity index (χ4n) is 2.07. The molecular formula is C12H15NO3S. The van der Waals surface area contributed by atoms with Gasteiger partial charge in [0.05, 0.1) is 12.0 Å². The van der Waals surface area contributed by atoms with Crippen molar-refractivity contribution in [3.8, 4) is 0 Å². The first-order chi connectivity index (χ1) is 8.22. The number of piperidine rings is 1. The number of ketones is 1. The zero-order valence-corrected chi connectivity index (χ0v) is 10.5. The second kappa shape index (κ2) is 5.31. The summed E-state index contributed by atoms with van der Waals surface area (Å²) in [6.07, 6.45) is 1.16. The quantitative estimate of drug-likeness (QED) is 0.760. The highest BCUT2D eigenvalue weighted by molar-refractivity contribution is 7.12. The molecule has 0 radical (unpaired) electrons. The summed E-state index contributed by atoms with van der Waals surface area (Å²) in [6, 6.07) is 3.75. The summed E-state index contributed by atoms with van der Waals surface area (Å²) in [5.41, 5.74) is 0. The van der Waals surface area contributed by atoms with E-state index in [1.165, 1.54) is 18.4 Å². The van der Waals surface area contributed by atoms with E-state index in [0.717, 1.165) is 17.7 Å². The molecular weight excluding hydrogens is 238 g/mol. The number of hydrogen-bond acceptors (Lipinski definition) is 4. The molecule has 0 saturated carbocycles. The molecule has 2 rings (SSSR count). The highest BCUT2D eigenvalue weighted by Gasteiger charge is 2.28. The predicted molar refractivity (Wildman–Crippen MR) is 65.4 cm³/mol. The summed E-state index contributed by atoms with van der Waals surface area (Å²) in [7, 11) is 1.38. The normalized spacial score (nSPS) is 16.9. The number of amides is 1.